The van der Waals surface area contributed by atoms with Gasteiger partial charge in [0.15, 0.2) is 5.22 Å². The number of rotatable bonds is 4. The van der Waals surface area contributed by atoms with Crippen LogP contribution in [0.2, 0.25) is 5.22 Å². The SMILES string of the molecule is CC(NCc1c(Cl)oc2ccccc12)C(=O)N1CCCC1. The summed E-state index contributed by atoms with van der Waals surface area (Å²) in [7, 11) is 0. The summed E-state index contributed by atoms with van der Waals surface area (Å²) in [4.78, 5) is 14.2. The van der Waals surface area contributed by atoms with Crippen LogP contribution < -0.4 is 5.32 Å². The van der Waals surface area contributed by atoms with Crippen molar-refractivity contribution < 1.29 is 9.21 Å². The number of fused-ring (bicyclic) bond motifs is 1. The highest BCUT2D eigenvalue weighted by molar-refractivity contribution is 6.30. The van der Waals surface area contributed by atoms with Crippen molar-refractivity contribution in [1.29, 1.82) is 0 Å². The third kappa shape index (κ3) is 2.92. The topological polar surface area (TPSA) is 45.5 Å². The van der Waals surface area contributed by atoms with Gasteiger partial charge in [0.05, 0.1) is 6.04 Å². The van der Waals surface area contributed by atoms with Gasteiger partial charge in [-0.15, -0.1) is 0 Å². The lowest BCUT2D eigenvalue weighted by Crippen LogP contribution is -2.43. The lowest BCUT2D eigenvalue weighted by Gasteiger charge is -2.21. The molecule has 1 N–H and O–H groups in total. The van der Waals surface area contributed by atoms with E-state index >= 15 is 0 Å². The van der Waals surface area contributed by atoms with Crippen LogP contribution in [0.4, 0.5) is 0 Å². The van der Waals surface area contributed by atoms with Gasteiger partial charge in [-0.25, -0.2) is 0 Å². The molecule has 1 aliphatic heterocycles. The van der Waals surface area contributed by atoms with Crippen LogP contribution in [0.15, 0.2) is 28.7 Å². The molecule has 1 aromatic carbocycles. The van der Waals surface area contributed by atoms with Gasteiger partial charge >= 0.3 is 0 Å². The molecule has 3 rings (SSSR count). The predicted octanol–water partition coefficient (Wildman–Crippen LogP) is 3.19. The van der Waals surface area contributed by atoms with E-state index in [1.807, 2.05) is 36.1 Å². The van der Waals surface area contributed by atoms with E-state index in [1.165, 1.54) is 0 Å². The van der Waals surface area contributed by atoms with E-state index in [0.29, 0.717) is 11.8 Å². The van der Waals surface area contributed by atoms with Crippen molar-refractivity contribution >= 4 is 28.5 Å². The molecule has 2 heterocycles. The average molecular weight is 307 g/mol. The molecule has 4 nitrogen and oxygen atoms in total. The maximum absolute atomic E-state index is 12.3. The molecular formula is C16H19ClN2O2. The van der Waals surface area contributed by atoms with Crippen LogP contribution in [0.5, 0.6) is 0 Å². The Labute approximate surface area is 129 Å². The van der Waals surface area contributed by atoms with Gasteiger partial charge in [0.2, 0.25) is 5.91 Å². The van der Waals surface area contributed by atoms with Crippen molar-refractivity contribution in [3.63, 3.8) is 0 Å². The predicted molar refractivity (Wildman–Crippen MR) is 83.3 cm³/mol. The summed E-state index contributed by atoms with van der Waals surface area (Å²) < 4.78 is 5.52. The zero-order chi connectivity index (χ0) is 14.8. The van der Waals surface area contributed by atoms with Crippen LogP contribution in [0.3, 0.4) is 0 Å². The molecule has 1 unspecified atom stereocenters. The molecule has 0 spiro atoms. The van der Waals surface area contributed by atoms with Crippen LogP contribution in [0.1, 0.15) is 25.3 Å². The number of hydrogen-bond donors (Lipinski definition) is 1. The quantitative estimate of drug-likeness (QED) is 0.943. The second kappa shape index (κ2) is 6.08. The fraction of sp³-hybridized carbons (Fsp3) is 0.438. The summed E-state index contributed by atoms with van der Waals surface area (Å²) in [6.07, 6.45) is 2.22. The first-order chi connectivity index (χ1) is 10.2. The second-order valence-corrected chi connectivity index (χ2v) is 5.83. The van der Waals surface area contributed by atoms with E-state index in [0.717, 1.165) is 42.5 Å². The first-order valence-electron chi connectivity index (χ1n) is 7.35. The van der Waals surface area contributed by atoms with Crippen molar-refractivity contribution in [3.8, 4) is 0 Å². The minimum Gasteiger partial charge on any atom is -0.444 e. The summed E-state index contributed by atoms with van der Waals surface area (Å²) in [6, 6.07) is 7.53. The Morgan fingerprint density at radius 3 is 2.86 bits per heavy atom. The van der Waals surface area contributed by atoms with Crippen LogP contribution in [0, 0.1) is 0 Å². The van der Waals surface area contributed by atoms with Crippen LogP contribution in [-0.4, -0.2) is 29.9 Å². The fourth-order valence-corrected chi connectivity index (χ4v) is 3.04. The number of nitrogens with one attached hydrogen (secondary N) is 1. The van der Waals surface area contributed by atoms with E-state index < -0.39 is 0 Å². The molecule has 1 atom stereocenters. The maximum Gasteiger partial charge on any atom is 0.239 e. The Morgan fingerprint density at radius 1 is 1.38 bits per heavy atom. The van der Waals surface area contributed by atoms with Crippen molar-refractivity contribution in [2.24, 2.45) is 0 Å². The number of amides is 1. The molecule has 1 amide bonds. The fourth-order valence-electron chi connectivity index (χ4n) is 2.79. The minimum atomic E-state index is -0.215. The Balaban J connectivity index is 1.68. The number of halogens is 1. The summed E-state index contributed by atoms with van der Waals surface area (Å²) in [6.45, 7) is 4.17. The first kappa shape index (κ1) is 14.4. The van der Waals surface area contributed by atoms with Crippen molar-refractivity contribution in [2.75, 3.05) is 13.1 Å². The molecule has 0 radical (unpaired) electrons. The molecule has 5 heteroatoms. The molecule has 112 valence electrons. The lowest BCUT2D eigenvalue weighted by atomic mass is 10.1. The molecule has 0 saturated carbocycles. The molecular weight excluding hydrogens is 288 g/mol. The molecule has 1 fully saturated rings. The number of carbonyl (C=O) groups excluding carboxylic acids is 1. The minimum absolute atomic E-state index is 0.163. The molecule has 0 aliphatic carbocycles. The first-order valence-corrected chi connectivity index (χ1v) is 7.72. The number of para-hydroxylation sites is 1. The van der Waals surface area contributed by atoms with Crippen LogP contribution >= 0.6 is 11.6 Å². The summed E-state index contributed by atoms with van der Waals surface area (Å²) >= 11 is 6.16. The van der Waals surface area contributed by atoms with Gasteiger partial charge in [0, 0.05) is 30.6 Å². The highest BCUT2D eigenvalue weighted by Gasteiger charge is 2.23. The van der Waals surface area contributed by atoms with Crippen LogP contribution in [-0.2, 0) is 11.3 Å². The number of benzene rings is 1. The number of carbonyl (C=O) groups is 1. The highest BCUT2D eigenvalue weighted by atomic mass is 35.5. The summed E-state index contributed by atoms with van der Waals surface area (Å²) in [5, 5.41) is 4.65. The van der Waals surface area contributed by atoms with E-state index in [2.05, 4.69) is 5.32 Å². The second-order valence-electron chi connectivity index (χ2n) is 5.49. The van der Waals surface area contributed by atoms with Gasteiger partial charge in [-0.05, 0) is 37.4 Å². The zero-order valence-electron chi connectivity index (χ0n) is 12.1. The van der Waals surface area contributed by atoms with Crippen LogP contribution in [0.25, 0.3) is 11.0 Å². The molecule has 1 aromatic heterocycles. The summed E-state index contributed by atoms with van der Waals surface area (Å²) in [5.41, 5.74) is 1.69. The molecule has 0 bridgehead atoms. The smallest absolute Gasteiger partial charge is 0.239 e. The Bertz CT molecular complexity index is 647. The van der Waals surface area contributed by atoms with Gasteiger partial charge in [0.25, 0.3) is 0 Å². The highest BCUT2D eigenvalue weighted by Crippen LogP contribution is 2.29. The van der Waals surface area contributed by atoms with Gasteiger partial charge < -0.3 is 14.6 Å². The molecule has 1 aliphatic rings. The third-order valence-electron chi connectivity index (χ3n) is 4.02. The number of likely N-dealkylation sites (tertiary alicyclic amines) is 1. The average Bonchev–Trinajstić information content (AvgIpc) is 3.11. The molecule has 21 heavy (non-hydrogen) atoms. The van der Waals surface area contributed by atoms with Crippen molar-refractivity contribution in [2.45, 2.75) is 32.4 Å². The maximum atomic E-state index is 12.3. The van der Waals surface area contributed by atoms with Crippen molar-refractivity contribution in [3.05, 3.63) is 35.0 Å². The standard InChI is InChI=1S/C16H19ClN2O2/c1-11(16(20)19-8-4-5-9-19)18-10-13-12-6-2-3-7-14(12)21-15(13)17/h2-3,6-7,11,18H,4-5,8-10H2,1H3. The van der Waals surface area contributed by atoms with Gasteiger partial charge in [-0.3, -0.25) is 4.79 Å². The Hall–Kier alpha value is -1.52. The zero-order valence-corrected chi connectivity index (χ0v) is 12.8. The molecule has 1 saturated heterocycles. The van der Waals surface area contributed by atoms with E-state index in [4.69, 9.17) is 16.0 Å². The van der Waals surface area contributed by atoms with Gasteiger partial charge in [-0.1, -0.05) is 18.2 Å². The van der Waals surface area contributed by atoms with Gasteiger partial charge in [-0.2, -0.15) is 0 Å². The van der Waals surface area contributed by atoms with E-state index in [9.17, 15) is 4.79 Å². The normalized spacial score (nSPS) is 16.6. The number of nitrogens with zero attached hydrogens (tertiary/aromatic N) is 1. The van der Waals surface area contributed by atoms with Gasteiger partial charge in [0.1, 0.15) is 5.58 Å². The third-order valence-corrected chi connectivity index (χ3v) is 4.33. The van der Waals surface area contributed by atoms with E-state index in [-0.39, 0.29) is 11.9 Å². The molecule has 2 aromatic rings. The summed E-state index contributed by atoms with van der Waals surface area (Å²) in [5.74, 6) is 0.163. The number of furan rings is 1. The van der Waals surface area contributed by atoms with E-state index in [1.54, 1.807) is 0 Å². The monoisotopic (exact) mass is 306 g/mol. The largest absolute Gasteiger partial charge is 0.444 e. The Morgan fingerprint density at radius 2 is 2.10 bits per heavy atom. The number of hydrogen-bond acceptors (Lipinski definition) is 3. The van der Waals surface area contributed by atoms with Crippen molar-refractivity contribution in [1.82, 2.24) is 10.2 Å². The lowest BCUT2D eigenvalue weighted by molar-refractivity contribution is -0.131. The Kier molecular flexibility index (Phi) is 4.17.